The fourth-order valence-electron chi connectivity index (χ4n) is 1.80. The quantitative estimate of drug-likeness (QED) is 0.548. The van der Waals surface area contributed by atoms with E-state index in [0.717, 1.165) is 0 Å². The zero-order valence-corrected chi connectivity index (χ0v) is 14.9. The molecule has 0 saturated carbocycles. The average molecular weight is 386 g/mol. The van der Waals surface area contributed by atoms with E-state index in [0.29, 0.717) is 28.1 Å². The summed E-state index contributed by atoms with van der Waals surface area (Å²) in [5.74, 6) is 0.174. The second-order valence-electron chi connectivity index (χ2n) is 4.64. The Morgan fingerprint density at radius 1 is 1.30 bits per heavy atom. The largest absolute Gasteiger partial charge is 0.493 e. The van der Waals surface area contributed by atoms with Gasteiger partial charge in [0.05, 0.1) is 20.6 Å². The Morgan fingerprint density at radius 2 is 1.91 bits per heavy atom. The van der Waals surface area contributed by atoms with Crippen LogP contribution in [0.1, 0.15) is 12.5 Å². The predicted octanol–water partition coefficient (Wildman–Crippen LogP) is 2.24. The number of hydrogen-bond acceptors (Lipinski definition) is 5. The summed E-state index contributed by atoms with van der Waals surface area (Å²) in [7, 11) is 3.04. The first-order chi connectivity index (χ1) is 10.9. The van der Waals surface area contributed by atoms with Crippen molar-refractivity contribution in [2.24, 2.45) is 0 Å². The van der Waals surface area contributed by atoms with Gasteiger partial charge in [-0.25, -0.2) is 0 Å². The van der Waals surface area contributed by atoms with Crippen molar-refractivity contribution in [2.75, 3.05) is 20.8 Å². The number of hydrogen-bond donors (Lipinski definition) is 1. The van der Waals surface area contributed by atoms with E-state index < -0.39 is 12.1 Å². The highest BCUT2D eigenvalue weighted by molar-refractivity contribution is 9.10. The zero-order valence-electron chi connectivity index (χ0n) is 13.3. The van der Waals surface area contributed by atoms with E-state index in [2.05, 4.69) is 27.8 Å². The van der Waals surface area contributed by atoms with Gasteiger partial charge in [0.1, 0.15) is 0 Å². The number of halogens is 1. The first-order valence-electron chi connectivity index (χ1n) is 6.91. The molecule has 0 aliphatic rings. The highest BCUT2D eigenvalue weighted by Crippen LogP contribution is 2.33. The first kappa shape index (κ1) is 19.0. The topological polar surface area (TPSA) is 73.9 Å². The van der Waals surface area contributed by atoms with Crippen molar-refractivity contribution < 1.29 is 23.8 Å². The molecule has 0 aliphatic carbocycles. The number of esters is 1. The summed E-state index contributed by atoms with van der Waals surface area (Å²) in [6.45, 7) is 5.33. The number of ether oxygens (including phenoxy) is 3. The fraction of sp³-hybridized carbons (Fsp3) is 0.375. The Morgan fingerprint density at radius 3 is 2.48 bits per heavy atom. The third kappa shape index (κ3) is 5.59. The Bertz CT molecular complexity index is 588. The molecule has 0 aromatic heterocycles. The van der Waals surface area contributed by atoms with E-state index in [9.17, 15) is 9.59 Å². The molecule has 0 aliphatic heterocycles. The molecular formula is C16H20BrNO5. The van der Waals surface area contributed by atoms with Gasteiger partial charge in [0, 0.05) is 11.0 Å². The maximum Gasteiger partial charge on any atom is 0.311 e. The van der Waals surface area contributed by atoms with Crippen LogP contribution in [0.25, 0.3) is 0 Å². The Hall–Kier alpha value is -2.02. The summed E-state index contributed by atoms with van der Waals surface area (Å²) in [6, 6.07) is 3.40. The monoisotopic (exact) mass is 385 g/mol. The van der Waals surface area contributed by atoms with Gasteiger partial charge in [-0.2, -0.15) is 0 Å². The molecule has 1 aromatic carbocycles. The molecular weight excluding hydrogens is 366 g/mol. The van der Waals surface area contributed by atoms with Gasteiger partial charge in [-0.1, -0.05) is 22.0 Å². The van der Waals surface area contributed by atoms with Crippen molar-refractivity contribution in [2.45, 2.75) is 19.4 Å². The number of benzene rings is 1. The summed E-state index contributed by atoms with van der Waals surface area (Å²) in [6.07, 6.45) is 0.675. The van der Waals surface area contributed by atoms with Crippen molar-refractivity contribution in [3.05, 3.63) is 34.8 Å². The second-order valence-corrected chi connectivity index (χ2v) is 5.50. The molecule has 0 fully saturated rings. The Kier molecular flexibility index (Phi) is 7.61. The van der Waals surface area contributed by atoms with Gasteiger partial charge in [0.15, 0.2) is 17.6 Å². The lowest BCUT2D eigenvalue weighted by Gasteiger charge is -2.14. The molecule has 1 amide bonds. The number of nitrogens with one attached hydrogen (secondary N) is 1. The van der Waals surface area contributed by atoms with E-state index >= 15 is 0 Å². The standard InChI is InChI=1S/C16H20BrNO5/c1-5-6-18-16(20)10(2)23-15(19)8-11-7-13(21-3)14(22-4)9-12(11)17/h5,7,9-10H,1,6,8H2,2-4H3,(H,18,20). The summed E-state index contributed by atoms with van der Waals surface area (Å²) in [5, 5.41) is 2.57. The van der Waals surface area contributed by atoms with Crippen LogP contribution in [-0.2, 0) is 20.7 Å². The van der Waals surface area contributed by atoms with E-state index in [1.54, 1.807) is 18.2 Å². The third-order valence-electron chi connectivity index (χ3n) is 2.99. The van der Waals surface area contributed by atoms with Crippen LogP contribution in [0.5, 0.6) is 11.5 Å². The Balaban J connectivity index is 2.74. The van der Waals surface area contributed by atoms with Gasteiger partial charge in [0.25, 0.3) is 5.91 Å². The molecule has 1 rings (SSSR count). The minimum absolute atomic E-state index is 0.0000158. The summed E-state index contributed by atoms with van der Waals surface area (Å²) in [5.41, 5.74) is 0.673. The van der Waals surface area contributed by atoms with E-state index in [1.807, 2.05) is 0 Å². The fourth-order valence-corrected chi connectivity index (χ4v) is 2.26. The van der Waals surface area contributed by atoms with Gasteiger partial charge >= 0.3 is 5.97 Å². The lowest BCUT2D eigenvalue weighted by molar-refractivity contribution is -0.154. The minimum Gasteiger partial charge on any atom is -0.493 e. The molecule has 1 unspecified atom stereocenters. The molecule has 0 radical (unpaired) electrons. The van der Waals surface area contributed by atoms with Gasteiger partial charge in [0.2, 0.25) is 0 Å². The molecule has 0 bridgehead atoms. The third-order valence-corrected chi connectivity index (χ3v) is 3.72. The van der Waals surface area contributed by atoms with Gasteiger partial charge < -0.3 is 19.5 Å². The predicted molar refractivity (Wildman–Crippen MR) is 89.7 cm³/mol. The summed E-state index contributed by atoms with van der Waals surface area (Å²) < 4.78 is 16.2. The lowest BCUT2D eigenvalue weighted by atomic mass is 10.1. The molecule has 0 saturated heterocycles. The molecule has 0 heterocycles. The zero-order chi connectivity index (χ0) is 17.4. The van der Waals surface area contributed by atoms with Crippen LogP contribution < -0.4 is 14.8 Å². The number of amides is 1. The maximum atomic E-state index is 12.0. The Labute approximate surface area is 143 Å². The highest BCUT2D eigenvalue weighted by atomic mass is 79.9. The van der Waals surface area contributed by atoms with E-state index in [4.69, 9.17) is 14.2 Å². The molecule has 0 spiro atoms. The van der Waals surface area contributed by atoms with Crippen LogP contribution in [0, 0.1) is 0 Å². The summed E-state index contributed by atoms with van der Waals surface area (Å²) >= 11 is 3.38. The first-order valence-corrected chi connectivity index (χ1v) is 7.70. The summed E-state index contributed by atoms with van der Waals surface area (Å²) in [4.78, 5) is 23.7. The molecule has 1 N–H and O–H groups in total. The molecule has 23 heavy (non-hydrogen) atoms. The van der Waals surface area contributed by atoms with Crippen LogP contribution >= 0.6 is 15.9 Å². The average Bonchev–Trinajstić information content (AvgIpc) is 2.53. The van der Waals surface area contributed by atoms with Crippen molar-refractivity contribution in [1.29, 1.82) is 0 Å². The normalized spacial score (nSPS) is 11.3. The molecule has 6 nitrogen and oxygen atoms in total. The van der Waals surface area contributed by atoms with Crippen LogP contribution in [-0.4, -0.2) is 38.7 Å². The lowest BCUT2D eigenvalue weighted by Crippen LogP contribution is -2.36. The van der Waals surface area contributed by atoms with Crippen molar-refractivity contribution >= 4 is 27.8 Å². The second kappa shape index (κ2) is 9.19. The van der Waals surface area contributed by atoms with Crippen molar-refractivity contribution in [1.82, 2.24) is 5.32 Å². The van der Waals surface area contributed by atoms with Gasteiger partial charge in [-0.15, -0.1) is 6.58 Å². The van der Waals surface area contributed by atoms with Crippen molar-refractivity contribution in [3.63, 3.8) is 0 Å². The molecule has 7 heteroatoms. The van der Waals surface area contributed by atoms with E-state index in [1.165, 1.54) is 21.1 Å². The van der Waals surface area contributed by atoms with Crippen LogP contribution in [0.15, 0.2) is 29.3 Å². The highest BCUT2D eigenvalue weighted by Gasteiger charge is 2.19. The molecule has 1 atom stereocenters. The van der Waals surface area contributed by atoms with Crippen LogP contribution in [0.2, 0.25) is 0 Å². The van der Waals surface area contributed by atoms with Crippen molar-refractivity contribution in [3.8, 4) is 11.5 Å². The number of carbonyl (C=O) groups excluding carboxylic acids is 2. The van der Waals surface area contributed by atoms with Gasteiger partial charge in [-0.05, 0) is 24.6 Å². The smallest absolute Gasteiger partial charge is 0.311 e. The van der Waals surface area contributed by atoms with Crippen LogP contribution in [0.4, 0.5) is 0 Å². The molecule has 126 valence electrons. The SMILES string of the molecule is C=CCNC(=O)C(C)OC(=O)Cc1cc(OC)c(OC)cc1Br. The van der Waals surface area contributed by atoms with Gasteiger partial charge in [-0.3, -0.25) is 9.59 Å². The minimum atomic E-state index is -0.874. The number of carbonyl (C=O) groups is 2. The van der Waals surface area contributed by atoms with Crippen LogP contribution in [0.3, 0.4) is 0 Å². The maximum absolute atomic E-state index is 12.0. The number of methoxy groups -OCH3 is 2. The number of rotatable bonds is 8. The van der Waals surface area contributed by atoms with E-state index in [-0.39, 0.29) is 12.3 Å². The molecule has 1 aromatic rings.